The first-order valence-electron chi connectivity index (χ1n) is 8.59. The summed E-state index contributed by atoms with van der Waals surface area (Å²) in [6, 6.07) is 15.8. The van der Waals surface area contributed by atoms with Crippen LogP contribution in [0.2, 0.25) is 0 Å². The quantitative estimate of drug-likeness (QED) is 0.762. The van der Waals surface area contributed by atoms with Gasteiger partial charge in [-0.1, -0.05) is 24.3 Å². The van der Waals surface area contributed by atoms with Gasteiger partial charge in [-0.25, -0.2) is 4.98 Å². The number of ether oxygens (including phenoxy) is 1. The molecule has 0 saturated heterocycles. The highest BCUT2D eigenvalue weighted by molar-refractivity contribution is 5.97. The third-order valence-electron chi connectivity index (χ3n) is 4.46. The predicted octanol–water partition coefficient (Wildman–Crippen LogP) is 3.73. The lowest BCUT2D eigenvalue weighted by Crippen LogP contribution is -2.36. The van der Waals surface area contributed by atoms with Crippen molar-refractivity contribution in [2.75, 3.05) is 19.4 Å². The van der Waals surface area contributed by atoms with Crippen molar-refractivity contribution in [2.24, 2.45) is 0 Å². The van der Waals surface area contributed by atoms with Crippen LogP contribution < -0.4 is 10.5 Å². The molecule has 1 aromatic heterocycles. The number of nitrogens with zero attached hydrogens (tertiary/aromatic N) is 2. The Labute approximate surface area is 153 Å². The minimum Gasteiger partial charge on any atom is -0.484 e. The lowest BCUT2D eigenvalue weighted by atomic mass is 9.99. The van der Waals surface area contributed by atoms with Gasteiger partial charge in [0.1, 0.15) is 11.6 Å². The molecule has 1 amide bonds. The van der Waals surface area contributed by atoms with Crippen LogP contribution >= 0.6 is 0 Å². The van der Waals surface area contributed by atoms with Crippen LogP contribution in [0.15, 0.2) is 54.7 Å². The van der Waals surface area contributed by atoms with Gasteiger partial charge in [0.25, 0.3) is 5.91 Å². The molecule has 0 fully saturated rings. The highest BCUT2D eigenvalue weighted by Gasteiger charge is 2.14. The van der Waals surface area contributed by atoms with E-state index in [1.54, 1.807) is 24.2 Å². The SMILES string of the molecule is CC(C)N(C)C(=O)COc1cc(-c2ccc(N)nc2)c2ccccc2c1. The van der Waals surface area contributed by atoms with Crippen LogP contribution in [0.1, 0.15) is 13.8 Å². The summed E-state index contributed by atoms with van der Waals surface area (Å²) in [5.74, 6) is 1.08. The fraction of sp³-hybridized carbons (Fsp3) is 0.238. The maximum absolute atomic E-state index is 12.2. The molecule has 134 valence electrons. The molecule has 2 N–H and O–H groups in total. The Hall–Kier alpha value is -3.08. The van der Waals surface area contributed by atoms with E-state index in [-0.39, 0.29) is 18.6 Å². The minimum absolute atomic E-state index is 0.00640. The lowest BCUT2D eigenvalue weighted by Gasteiger charge is -2.21. The van der Waals surface area contributed by atoms with Gasteiger partial charge in [-0.3, -0.25) is 4.79 Å². The normalized spacial score (nSPS) is 10.9. The van der Waals surface area contributed by atoms with Crippen LogP contribution in [0, 0.1) is 0 Å². The summed E-state index contributed by atoms with van der Waals surface area (Å²) < 4.78 is 5.80. The van der Waals surface area contributed by atoms with Crippen LogP contribution in [-0.4, -0.2) is 35.5 Å². The molecule has 0 aliphatic rings. The summed E-state index contributed by atoms with van der Waals surface area (Å²) >= 11 is 0. The number of likely N-dealkylation sites (N-methyl/N-ethyl adjacent to an activating group) is 1. The number of rotatable bonds is 5. The number of hydrogen-bond acceptors (Lipinski definition) is 4. The lowest BCUT2D eigenvalue weighted by molar-refractivity contribution is -0.133. The molecule has 2 aromatic carbocycles. The van der Waals surface area contributed by atoms with Crippen LogP contribution in [0.3, 0.4) is 0 Å². The Morgan fingerprint density at radius 3 is 2.65 bits per heavy atom. The number of carbonyl (C=O) groups is 1. The average Bonchev–Trinajstić information content (AvgIpc) is 2.65. The number of benzene rings is 2. The number of carbonyl (C=O) groups excluding carboxylic acids is 1. The smallest absolute Gasteiger partial charge is 0.260 e. The summed E-state index contributed by atoms with van der Waals surface area (Å²) in [6.07, 6.45) is 1.75. The van der Waals surface area contributed by atoms with Crippen molar-refractivity contribution in [1.82, 2.24) is 9.88 Å². The Bertz CT molecular complexity index is 920. The molecule has 3 rings (SSSR count). The van der Waals surface area contributed by atoms with Gasteiger partial charge >= 0.3 is 0 Å². The zero-order valence-corrected chi connectivity index (χ0v) is 15.3. The molecular formula is C21H23N3O2. The number of anilines is 1. The van der Waals surface area contributed by atoms with Gasteiger partial charge in [0.2, 0.25) is 0 Å². The molecule has 0 unspecified atom stereocenters. The van der Waals surface area contributed by atoms with Gasteiger partial charge in [-0.15, -0.1) is 0 Å². The predicted molar refractivity (Wildman–Crippen MR) is 105 cm³/mol. The van der Waals surface area contributed by atoms with Gasteiger partial charge in [0, 0.05) is 24.8 Å². The van der Waals surface area contributed by atoms with E-state index in [9.17, 15) is 4.79 Å². The van der Waals surface area contributed by atoms with Crippen molar-refractivity contribution in [3.05, 3.63) is 54.7 Å². The second kappa shape index (κ2) is 7.44. The topological polar surface area (TPSA) is 68.5 Å². The fourth-order valence-corrected chi connectivity index (χ4v) is 2.70. The van der Waals surface area contributed by atoms with Gasteiger partial charge in [-0.05, 0) is 54.4 Å². The van der Waals surface area contributed by atoms with E-state index in [2.05, 4.69) is 11.1 Å². The van der Waals surface area contributed by atoms with E-state index in [0.717, 1.165) is 21.9 Å². The molecule has 1 heterocycles. The molecule has 0 aliphatic carbocycles. The van der Waals surface area contributed by atoms with Crippen molar-refractivity contribution in [2.45, 2.75) is 19.9 Å². The van der Waals surface area contributed by atoms with E-state index >= 15 is 0 Å². The Kier molecular flexibility index (Phi) is 5.07. The van der Waals surface area contributed by atoms with E-state index in [1.165, 1.54) is 0 Å². The molecular weight excluding hydrogens is 326 g/mol. The number of aromatic nitrogens is 1. The summed E-state index contributed by atoms with van der Waals surface area (Å²) in [7, 11) is 1.78. The molecule has 3 aromatic rings. The van der Waals surface area contributed by atoms with Crippen molar-refractivity contribution in [3.8, 4) is 16.9 Å². The molecule has 5 heteroatoms. The minimum atomic E-state index is -0.0520. The van der Waals surface area contributed by atoms with Crippen LogP contribution in [-0.2, 0) is 4.79 Å². The molecule has 5 nitrogen and oxygen atoms in total. The summed E-state index contributed by atoms with van der Waals surface area (Å²) in [5, 5.41) is 2.14. The van der Waals surface area contributed by atoms with Crippen molar-refractivity contribution in [3.63, 3.8) is 0 Å². The zero-order chi connectivity index (χ0) is 18.7. The van der Waals surface area contributed by atoms with Gasteiger partial charge in [0.15, 0.2) is 6.61 Å². The van der Waals surface area contributed by atoms with Crippen LogP contribution in [0.4, 0.5) is 5.82 Å². The van der Waals surface area contributed by atoms with Crippen molar-refractivity contribution in [1.29, 1.82) is 0 Å². The van der Waals surface area contributed by atoms with Crippen molar-refractivity contribution >= 4 is 22.5 Å². The van der Waals surface area contributed by atoms with Crippen molar-refractivity contribution < 1.29 is 9.53 Å². The van der Waals surface area contributed by atoms with E-state index in [1.807, 2.05) is 50.2 Å². The maximum atomic E-state index is 12.2. The monoisotopic (exact) mass is 349 g/mol. The third kappa shape index (κ3) is 3.77. The highest BCUT2D eigenvalue weighted by atomic mass is 16.5. The molecule has 0 saturated carbocycles. The van der Waals surface area contributed by atoms with Gasteiger partial charge < -0.3 is 15.4 Å². The van der Waals surface area contributed by atoms with E-state index < -0.39 is 0 Å². The second-order valence-corrected chi connectivity index (χ2v) is 6.55. The first-order valence-corrected chi connectivity index (χ1v) is 8.59. The fourth-order valence-electron chi connectivity index (χ4n) is 2.70. The number of hydrogen-bond donors (Lipinski definition) is 1. The molecule has 0 aliphatic heterocycles. The number of nitrogen functional groups attached to an aromatic ring is 1. The average molecular weight is 349 g/mol. The Morgan fingerprint density at radius 2 is 1.96 bits per heavy atom. The maximum Gasteiger partial charge on any atom is 0.260 e. The number of fused-ring (bicyclic) bond motifs is 1. The standard InChI is InChI=1S/C21H23N3O2/c1-14(2)24(3)21(25)13-26-17-10-15-6-4-5-7-18(15)19(11-17)16-8-9-20(22)23-12-16/h4-12,14H,13H2,1-3H3,(H2,22,23). The van der Waals surface area contributed by atoms with Crippen LogP contribution in [0.5, 0.6) is 5.75 Å². The molecule has 0 atom stereocenters. The first kappa shape index (κ1) is 17.7. The zero-order valence-electron chi connectivity index (χ0n) is 15.3. The Balaban J connectivity index is 1.95. The number of nitrogens with two attached hydrogens (primary N) is 1. The summed E-state index contributed by atoms with van der Waals surface area (Å²) in [5.41, 5.74) is 7.65. The van der Waals surface area contributed by atoms with E-state index in [0.29, 0.717) is 11.6 Å². The highest BCUT2D eigenvalue weighted by Crippen LogP contribution is 2.33. The third-order valence-corrected chi connectivity index (χ3v) is 4.46. The van der Waals surface area contributed by atoms with Gasteiger partial charge in [0.05, 0.1) is 0 Å². The molecule has 0 radical (unpaired) electrons. The Morgan fingerprint density at radius 1 is 1.19 bits per heavy atom. The summed E-state index contributed by atoms with van der Waals surface area (Å²) in [4.78, 5) is 18.0. The number of pyridine rings is 1. The summed E-state index contributed by atoms with van der Waals surface area (Å²) in [6.45, 7) is 3.95. The van der Waals surface area contributed by atoms with Gasteiger partial charge in [-0.2, -0.15) is 0 Å². The second-order valence-electron chi connectivity index (χ2n) is 6.55. The van der Waals surface area contributed by atoms with E-state index in [4.69, 9.17) is 10.5 Å². The first-order chi connectivity index (χ1) is 12.5. The largest absolute Gasteiger partial charge is 0.484 e. The molecule has 26 heavy (non-hydrogen) atoms. The number of amides is 1. The van der Waals surface area contributed by atoms with Crippen LogP contribution in [0.25, 0.3) is 21.9 Å². The molecule has 0 spiro atoms. The molecule has 0 bridgehead atoms.